The van der Waals surface area contributed by atoms with Crippen molar-refractivity contribution >= 4 is 15.9 Å². The van der Waals surface area contributed by atoms with Gasteiger partial charge in [0, 0.05) is 20.2 Å². The number of amides is 1. The third-order valence-corrected chi connectivity index (χ3v) is 6.27. The molecule has 25 heavy (non-hydrogen) atoms. The molecule has 1 saturated carbocycles. The van der Waals surface area contributed by atoms with E-state index in [9.17, 15) is 17.6 Å². The van der Waals surface area contributed by atoms with E-state index in [2.05, 4.69) is 4.72 Å². The van der Waals surface area contributed by atoms with Crippen LogP contribution >= 0.6 is 0 Å². The van der Waals surface area contributed by atoms with E-state index in [0.717, 1.165) is 31.7 Å². The Labute approximate surface area is 148 Å². The van der Waals surface area contributed by atoms with Crippen molar-refractivity contribution in [3.8, 4) is 0 Å². The molecule has 8 heteroatoms. The van der Waals surface area contributed by atoms with Gasteiger partial charge in [0.15, 0.2) is 0 Å². The van der Waals surface area contributed by atoms with Crippen molar-refractivity contribution in [3.05, 3.63) is 30.1 Å². The van der Waals surface area contributed by atoms with Crippen LogP contribution in [0.2, 0.25) is 0 Å². The van der Waals surface area contributed by atoms with E-state index in [1.165, 1.54) is 25.1 Å². The first-order valence-electron chi connectivity index (χ1n) is 8.32. The lowest BCUT2D eigenvalue weighted by atomic mass is 9.92. The molecule has 1 amide bonds. The highest BCUT2D eigenvalue weighted by atomic mass is 32.2. The fraction of sp³-hybridized carbons (Fsp3) is 0.588. The summed E-state index contributed by atoms with van der Waals surface area (Å²) in [5, 5.41) is 0. The lowest BCUT2D eigenvalue weighted by molar-refractivity contribution is -0.134. The summed E-state index contributed by atoms with van der Waals surface area (Å²) in [6, 6.07) is 4.16. The molecule has 0 aliphatic heterocycles. The maximum Gasteiger partial charge on any atom is 0.244 e. The monoisotopic (exact) mass is 372 g/mol. The van der Waals surface area contributed by atoms with Gasteiger partial charge in [0.25, 0.3) is 0 Å². The van der Waals surface area contributed by atoms with Crippen LogP contribution in [0.3, 0.4) is 0 Å². The Morgan fingerprint density at radius 3 is 2.44 bits per heavy atom. The van der Waals surface area contributed by atoms with Gasteiger partial charge < -0.3 is 9.64 Å². The van der Waals surface area contributed by atoms with Gasteiger partial charge in [-0.15, -0.1) is 0 Å². The fourth-order valence-electron chi connectivity index (χ4n) is 3.16. The van der Waals surface area contributed by atoms with Crippen molar-refractivity contribution in [2.45, 2.75) is 55.7 Å². The molecular formula is C17H25FN2O4S. The number of nitrogens with zero attached hydrogens (tertiary/aromatic N) is 1. The topological polar surface area (TPSA) is 75.7 Å². The van der Waals surface area contributed by atoms with Crippen LogP contribution in [0.4, 0.5) is 4.39 Å². The number of nitrogens with one attached hydrogen (secondary N) is 1. The van der Waals surface area contributed by atoms with Crippen LogP contribution in [0.15, 0.2) is 29.2 Å². The highest BCUT2D eigenvalue weighted by Crippen LogP contribution is 2.24. The van der Waals surface area contributed by atoms with Gasteiger partial charge in [-0.25, -0.2) is 12.8 Å². The second-order valence-corrected chi connectivity index (χ2v) is 8.07. The van der Waals surface area contributed by atoms with Crippen molar-refractivity contribution in [1.82, 2.24) is 9.62 Å². The molecule has 1 fully saturated rings. The van der Waals surface area contributed by atoms with E-state index in [1.807, 2.05) is 0 Å². The van der Waals surface area contributed by atoms with Crippen molar-refractivity contribution in [1.29, 1.82) is 0 Å². The SMILES string of the molecule is COC1CCC(N(C)C(=O)[C@H](C)NS(=O)(=O)c2ccccc2F)CC1. The van der Waals surface area contributed by atoms with Crippen LogP contribution < -0.4 is 4.72 Å². The Kier molecular flexibility index (Phi) is 6.53. The molecular weight excluding hydrogens is 347 g/mol. The number of halogens is 1. The average Bonchev–Trinajstić information content (AvgIpc) is 2.60. The minimum absolute atomic E-state index is 0.0549. The number of methoxy groups -OCH3 is 1. The van der Waals surface area contributed by atoms with E-state index >= 15 is 0 Å². The van der Waals surface area contributed by atoms with Gasteiger partial charge in [-0.05, 0) is 44.7 Å². The highest BCUT2D eigenvalue weighted by molar-refractivity contribution is 7.89. The summed E-state index contributed by atoms with van der Waals surface area (Å²) in [4.78, 5) is 13.7. The third kappa shape index (κ3) is 4.77. The Hall–Kier alpha value is -1.51. The van der Waals surface area contributed by atoms with E-state index in [4.69, 9.17) is 4.74 Å². The normalized spacial score (nSPS) is 22.4. The molecule has 6 nitrogen and oxygen atoms in total. The molecule has 1 N–H and O–H groups in total. The standard InChI is InChI=1S/C17H25FN2O4S/c1-12(19-25(22,23)16-7-5-4-6-15(16)18)17(21)20(2)13-8-10-14(24-3)11-9-13/h4-7,12-14,19H,8-11H2,1-3H3/t12-,13?,14?/m0/s1. The average molecular weight is 372 g/mol. The summed E-state index contributed by atoms with van der Waals surface area (Å²) < 4.78 is 45.9. The molecule has 1 aliphatic rings. The molecule has 1 aromatic rings. The molecule has 0 radical (unpaired) electrons. The Morgan fingerprint density at radius 1 is 1.28 bits per heavy atom. The summed E-state index contributed by atoms with van der Waals surface area (Å²) in [7, 11) is -0.750. The van der Waals surface area contributed by atoms with Gasteiger partial charge in [0.05, 0.1) is 12.1 Å². The summed E-state index contributed by atoms with van der Waals surface area (Å²) in [6.45, 7) is 1.47. The molecule has 0 spiro atoms. The fourth-order valence-corrected chi connectivity index (χ4v) is 4.44. The van der Waals surface area contributed by atoms with Crippen molar-refractivity contribution in [2.75, 3.05) is 14.2 Å². The molecule has 0 unspecified atom stereocenters. The molecule has 0 aromatic heterocycles. The molecule has 1 aromatic carbocycles. The second-order valence-electron chi connectivity index (χ2n) is 6.39. The lowest BCUT2D eigenvalue weighted by Gasteiger charge is -2.35. The lowest BCUT2D eigenvalue weighted by Crippen LogP contribution is -2.50. The number of hydrogen-bond donors (Lipinski definition) is 1. The first-order chi connectivity index (χ1) is 11.8. The number of likely N-dealkylation sites (N-methyl/N-ethyl adjacent to an activating group) is 1. The van der Waals surface area contributed by atoms with Gasteiger partial charge >= 0.3 is 0 Å². The smallest absolute Gasteiger partial charge is 0.244 e. The zero-order valence-corrected chi connectivity index (χ0v) is 15.6. The number of carbonyl (C=O) groups is 1. The molecule has 0 saturated heterocycles. The summed E-state index contributed by atoms with van der Waals surface area (Å²) in [5.41, 5.74) is 0. The van der Waals surface area contributed by atoms with E-state index in [0.29, 0.717) is 0 Å². The maximum atomic E-state index is 13.7. The predicted molar refractivity (Wildman–Crippen MR) is 92.0 cm³/mol. The third-order valence-electron chi connectivity index (χ3n) is 4.70. The first kappa shape index (κ1) is 19.8. The summed E-state index contributed by atoms with van der Waals surface area (Å²) in [5.74, 6) is -1.18. The van der Waals surface area contributed by atoms with Crippen LogP contribution in [0.5, 0.6) is 0 Å². The molecule has 1 aliphatic carbocycles. The molecule has 0 bridgehead atoms. The van der Waals surface area contributed by atoms with Crippen LogP contribution in [0.25, 0.3) is 0 Å². The minimum Gasteiger partial charge on any atom is -0.381 e. The van der Waals surface area contributed by atoms with Crippen molar-refractivity contribution < 1.29 is 22.3 Å². The first-order valence-corrected chi connectivity index (χ1v) is 9.81. The van der Waals surface area contributed by atoms with Crippen LogP contribution in [-0.2, 0) is 19.6 Å². The van der Waals surface area contributed by atoms with Gasteiger partial charge in [-0.1, -0.05) is 12.1 Å². The second kappa shape index (κ2) is 8.25. The van der Waals surface area contributed by atoms with Gasteiger partial charge in [-0.2, -0.15) is 4.72 Å². The molecule has 1 atom stereocenters. The number of hydrogen-bond acceptors (Lipinski definition) is 4. The number of benzene rings is 1. The zero-order chi connectivity index (χ0) is 18.6. The van der Waals surface area contributed by atoms with Gasteiger partial charge in [0.2, 0.25) is 15.9 Å². The quantitative estimate of drug-likeness (QED) is 0.828. The molecule has 2 rings (SSSR count). The maximum absolute atomic E-state index is 13.7. The number of ether oxygens (including phenoxy) is 1. The van der Waals surface area contributed by atoms with Crippen LogP contribution in [-0.4, -0.2) is 51.6 Å². The summed E-state index contributed by atoms with van der Waals surface area (Å²) in [6.07, 6.45) is 3.58. The van der Waals surface area contributed by atoms with E-state index in [-0.39, 0.29) is 18.1 Å². The summed E-state index contributed by atoms with van der Waals surface area (Å²) >= 11 is 0. The van der Waals surface area contributed by atoms with Crippen LogP contribution in [0, 0.1) is 5.82 Å². The zero-order valence-electron chi connectivity index (χ0n) is 14.7. The Balaban J connectivity index is 2.01. The van der Waals surface area contributed by atoms with E-state index < -0.39 is 26.8 Å². The number of sulfonamides is 1. The van der Waals surface area contributed by atoms with Gasteiger partial charge in [-0.3, -0.25) is 4.79 Å². The predicted octanol–water partition coefficient (Wildman–Crippen LogP) is 1.91. The largest absolute Gasteiger partial charge is 0.381 e. The minimum atomic E-state index is -4.10. The van der Waals surface area contributed by atoms with Crippen molar-refractivity contribution in [2.24, 2.45) is 0 Å². The number of rotatable bonds is 6. The Morgan fingerprint density at radius 2 is 1.88 bits per heavy atom. The van der Waals surface area contributed by atoms with Gasteiger partial charge in [0.1, 0.15) is 10.7 Å². The molecule has 140 valence electrons. The molecule has 0 heterocycles. The van der Waals surface area contributed by atoms with Crippen molar-refractivity contribution in [3.63, 3.8) is 0 Å². The number of carbonyl (C=O) groups excluding carboxylic acids is 1. The Bertz CT molecular complexity index is 702. The highest BCUT2D eigenvalue weighted by Gasteiger charge is 2.31. The van der Waals surface area contributed by atoms with Crippen LogP contribution in [0.1, 0.15) is 32.6 Å². The van der Waals surface area contributed by atoms with E-state index in [1.54, 1.807) is 19.1 Å².